The summed E-state index contributed by atoms with van der Waals surface area (Å²) in [6.07, 6.45) is -0.404. The van der Waals surface area contributed by atoms with Gasteiger partial charge >= 0.3 is 0 Å². The van der Waals surface area contributed by atoms with Crippen LogP contribution in [0.25, 0.3) is 0 Å². The second kappa shape index (κ2) is 5.41. The normalized spacial score (nSPS) is 19.6. The van der Waals surface area contributed by atoms with Crippen LogP contribution in [0.1, 0.15) is 10.4 Å². The van der Waals surface area contributed by atoms with Crippen LogP contribution in [0.15, 0.2) is 24.3 Å². The molecule has 0 radical (unpaired) electrons. The number of hydrogen-bond acceptors (Lipinski definition) is 3. The molecule has 1 fully saturated rings. The monoisotopic (exact) mass is 268 g/mol. The number of carbonyl (C=O) groups excluding carboxylic acids is 1. The Morgan fingerprint density at radius 3 is 2.72 bits per heavy atom. The van der Waals surface area contributed by atoms with E-state index in [0.29, 0.717) is 25.3 Å². The minimum absolute atomic E-state index is 0.167. The van der Waals surface area contributed by atoms with E-state index in [-0.39, 0.29) is 16.7 Å². The molecular formula is C12H13FN2O2S. The molecule has 1 aliphatic rings. The van der Waals surface area contributed by atoms with Crippen LogP contribution in [-0.4, -0.2) is 41.6 Å². The molecule has 1 aromatic carbocycles. The van der Waals surface area contributed by atoms with Crippen LogP contribution in [0.2, 0.25) is 0 Å². The van der Waals surface area contributed by atoms with Crippen LogP contribution in [0.4, 0.5) is 4.39 Å². The van der Waals surface area contributed by atoms with Gasteiger partial charge in [0, 0.05) is 12.1 Å². The van der Waals surface area contributed by atoms with Gasteiger partial charge in [-0.05, 0) is 24.3 Å². The quantitative estimate of drug-likeness (QED) is 0.812. The Balaban J connectivity index is 2.09. The smallest absolute Gasteiger partial charge is 0.254 e. The fourth-order valence-electron chi connectivity index (χ4n) is 1.78. The lowest BCUT2D eigenvalue weighted by Gasteiger charge is -2.32. The maximum atomic E-state index is 12.8. The standard InChI is InChI=1S/C12H13FN2O2S/c13-9-3-1-8(2-4-9)12(16)15-5-6-17-10(7-15)11(14)18/h1-4,10H,5-7H2,(H2,14,18). The number of halogens is 1. The zero-order chi connectivity index (χ0) is 13.1. The first kappa shape index (κ1) is 12.9. The fourth-order valence-corrected chi connectivity index (χ4v) is 1.92. The second-order valence-electron chi connectivity index (χ2n) is 4.02. The number of carbonyl (C=O) groups is 1. The van der Waals surface area contributed by atoms with Crippen molar-refractivity contribution < 1.29 is 13.9 Å². The van der Waals surface area contributed by atoms with E-state index < -0.39 is 6.10 Å². The van der Waals surface area contributed by atoms with Gasteiger partial charge in [0.2, 0.25) is 0 Å². The maximum absolute atomic E-state index is 12.8. The van der Waals surface area contributed by atoms with Gasteiger partial charge in [-0.2, -0.15) is 0 Å². The van der Waals surface area contributed by atoms with Crippen LogP contribution in [0, 0.1) is 5.82 Å². The Labute approximate surface area is 110 Å². The van der Waals surface area contributed by atoms with E-state index in [0.717, 1.165) is 0 Å². The number of amides is 1. The summed E-state index contributed by atoms with van der Waals surface area (Å²) in [5, 5.41) is 0. The van der Waals surface area contributed by atoms with Crippen LogP contribution < -0.4 is 5.73 Å². The van der Waals surface area contributed by atoms with Gasteiger partial charge in [-0.25, -0.2) is 4.39 Å². The van der Waals surface area contributed by atoms with E-state index in [9.17, 15) is 9.18 Å². The first-order chi connectivity index (χ1) is 8.58. The minimum atomic E-state index is -0.404. The summed E-state index contributed by atoms with van der Waals surface area (Å²) in [6, 6.07) is 5.45. The number of nitrogens with zero attached hydrogens (tertiary/aromatic N) is 1. The highest BCUT2D eigenvalue weighted by molar-refractivity contribution is 7.80. The Bertz CT molecular complexity index is 464. The maximum Gasteiger partial charge on any atom is 0.254 e. The Morgan fingerprint density at radius 1 is 1.44 bits per heavy atom. The van der Waals surface area contributed by atoms with Crippen LogP contribution in [-0.2, 0) is 4.74 Å². The number of benzene rings is 1. The Kier molecular flexibility index (Phi) is 3.88. The van der Waals surface area contributed by atoms with E-state index in [1.54, 1.807) is 4.90 Å². The summed E-state index contributed by atoms with van der Waals surface area (Å²) in [4.78, 5) is 14.0. The van der Waals surface area contributed by atoms with Crippen molar-refractivity contribution in [1.29, 1.82) is 0 Å². The van der Waals surface area contributed by atoms with Crippen molar-refractivity contribution in [1.82, 2.24) is 4.90 Å². The summed E-state index contributed by atoms with van der Waals surface area (Å²) in [5.74, 6) is -0.533. The van der Waals surface area contributed by atoms with E-state index in [1.807, 2.05) is 0 Å². The number of ether oxygens (including phenoxy) is 1. The molecular weight excluding hydrogens is 255 g/mol. The average molecular weight is 268 g/mol. The largest absolute Gasteiger partial charge is 0.391 e. The van der Waals surface area contributed by atoms with Gasteiger partial charge in [0.15, 0.2) is 0 Å². The molecule has 6 heteroatoms. The van der Waals surface area contributed by atoms with Gasteiger partial charge in [-0.1, -0.05) is 12.2 Å². The minimum Gasteiger partial charge on any atom is -0.391 e. The molecule has 96 valence electrons. The van der Waals surface area contributed by atoms with Gasteiger partial charge in [-0.15, -0.1) is 0 Å². The molecule has 1 heterocycles. The molecule has 0 saturated carbocycles. The molecule has 1 amide bonds. The van der Waals surface area contributed by atoms with Gasteiger partial charge in [0.05, 0.1) is 13.2 Å². The molecule has 0 aromatic heterocycles. The highest BCUT2D eigenvalue weighted by atomic mass is 32.1. The van der Waals surface area contributed by atoms with Gasteiger partial charge in [-0.3, -0.25) is 4.79 Å². The third kappa shape index (κ3) is 2.83. The van der Waals surface area contributed by atoms with E-state index in [2.05, 4.69) is 0 Å². The molecule has 2 N–H and O–H groups in total. The summed E-state index contributed by atoms with van der Waals surface area (Å²) >= 11 is 4.85. The van der Waals surface area contributed by atoms with E-state index in [1.165, 1.54) is 24.3 Å². The molecule has 4 nitrogen and oxygen atoms in total. The van der Waals surface area contributed by atoms with Crippen LogP contribution in [0.3, 0.4) is 0 Å². The number of hydrogen-bond donors (Lipinski definition) is 1. The number of nitrogens with two attached hydrogens (primary N) is 1. The third-order valence-corrected chi connectivity index (χ3v) is 3.03. The molecule has 1 aromatic rings. The molecule has 0 spiro atoms. The molecule has 1 saturated heterocycles. The van der Waals surface area contributed by atoms with Crippen molar-refractivity contribution in [2.24, 2.45) is 5.73 Å². The second-order valence-corrected chi connectivity index (χ2v) is 4.49. The fraction of sp³-hybridized carbons (Fsp3) is 0.333. The number of thiocarbonyl (C=S) groups is 1. The van der Waals surface area contributed by atoms with E-state index >= 15 is 0 Å². The zero-order valence-corrected chi connectivity index (χ0v) is 10.5. The average Bonchev–Trinajstić information content (AvgIpc) is 2.39. The van der Waals surface area contributed by atoms with Crippen molar-refractivity contribution in [3.8, 4) is 0 Å². The Hall–Kier alpha value is -1.53. The zero-order valence-electron chi connectivity index (χ0n) is 9.64. The molecule has 18 heavy (non-hydrogen) atoms. The number of rotatable bonds is 2. The van der Waals surface area contributed by atoms with Crippen molar-refractivity contribution >= 4 is 23.1 Å². The van der Waals surface area contributed by atoms with Gasteiger partial charge < -0.3 is 15.4 Å². The van der Waals surface area contributed by atoms with Crippen molar-refractivity contribution in [3.05, 3.63) is 35.6 Å². The topological polar surface area (TPSA) is 55.6 Å². The Morgan fingerprint density at radius 2 is 2.11 bits per heavy atom. The first-order valence-electron chi connectivity index (χ1n) is 5.53. The van der Waals surface area contributed by atoms with Crippen molar-refractivity contribution in [2.75, 3.05) is 19.7 Å². The summed E-state index contributed by atoms with van der Waals surface area (Å²) in [6.45, 7) is 1.22. The van der Waals surface area contributed by atoms with Crippen LogP contribution >= 0.6 is 12.2 Å². The first-order valence-corrected chi connectivity index (χ1v) is 5.94. The number of morpholine rings is 1. The van der Waals surface area contributed by atoms with Crippen molar-refractivity contribution in [2.45, 2.75) is 6.10 Å². The molecule has 1 aliphatic heterocycles. The van der Waals surface area contributed by atoms with Gasteiger partial charge in [0.1, 0.15) is 16.9 Å². The van der Waals surface area contributed by atoms with Crippen molar-refractivity contribution in [3.63, 3.8) is 0 Å². The predicted octanol–water partition coefficient (Wildman–Crippen LogP) is 0.953. The SMILES string of the molecule is NC(=S)C1CN(C(=O)c2ccc(F)cc2)CCO1. The molecule has 0 bridgehead atoms. The summed E-state index contributed by atoms with van der Waals surface area (Å²) in [5.41, 5.74) is 5.95. The molecule has 2 rings (SSSR count). The highest BCUT2D eigenvalue weighted by Gasteiger charge is 2.26. The lowest BCUT2D eigenvalue weighted by Crippen LogP contribution is -2.49. The lowest BCUT2D eigenvalue weighted by molar-refractivity contribution is 0.00878. The third-order valence-electron chi connectivity index (χ3n) is 2.76. The predicted molar refractivity (Wildman–Crippen MR) is 68.8 cm³/mol. The van der Waals surface area contributed by atoms with Gasteiger partial charge in [0.25, 0.3) is 5.91 Å². The molecule has 0 aliphatic carbocycles. The highest BCUT2D eigenvalue weighted by Crippen LogP contribution is 2.11. The summed E-state index contributed by atoms with van der Waals surface area (Å²) < 4.78 is 18.1. The molecule has 1 unspecified atom stereocenters. The van der Waals surface area contributed by atoms with E-state index in [4.69, 9.17) is 22.7 Å². The van der Waals surface area contributed by atoms with Crippen LogP contribution in [0.5, 0.6) is 0 Å². The lowest BCUT2D eigenvalue weighted by atomic mass is 10.1. The summed E-state index contributed by atoms with van der Waals surface area (Å²) in [7, 11) is 0. The molecule has 1 atom stereocenters.